The van der Waals surface area contributed by atoms with Gasteiger partial charge in [0.05, 0.1) is 18.2 Å². The van der Waals surface area contributed by atoms with Gasteiger partial charge in [-0.15, -0.1) is 0 Å². The van der Waals surface area contributed by atoms with Crippen LogP contribution >= 0.6 is 0 Å². The van der Waals surface area contributed by atoms with Crippen LogP contribution in [0.5, 0.6) is 5.75 Å². The molecule has 32 heavy (non-hydrogen) atoms. The Kier molecular flexibility index (Phi) is 7.05. The first-order chi connectivity index (χ1) is 15.6. The van der Waals surface area contributed by atoms with Crippen LogP contribution in [0.4, 0.5) is 4.39 Å². The predicted octanol–water partition coefficient (Wildman–Crippen LogP) is 3.87. The summed E-state index contributed by atoms with van der Waals surface area (Å²) >= 11 is 0. The second-order valence-electron chi connectivity index (χ2n) is 8.40. The highest BCUT2D eigenvalue weighted by atomic mass is 19.1. The zero-order valence-electron chi connectivity index (χ0n) is 18.3. The van der Waals surface area contributed by atoms with Crippen LogP contribution in [-0.2, 0) is 20.8 Å². The lowest BCUT2D eigenvalue weighted by molar-refractivity contribution is -0.140. The Morgan fingerprint density at radius 1 is 1.22 bits per heavy atom. The maximum absolute atomic E-state index is 13.4. The summed E-state index contributed by atoms with van der Waals surface area (Å²) in [6.07, 6.45) is 2.88. The molecule has 1 N–H and O–H groups in total. The Bertz CT molecular complexity index is 972. The molecule has 2 aromatic rings. The molecule has 7 heteroatoms. The molecule has 2 aliphatic heterocycles. The number of hydrogen-bond donors (Lipinski definition) is 1. The summed E-state index contributed by atoms with van der Waals surface area (Å²) in [4.78, 5) is 19.0. The van der Waals surface area contributed by atoms with E-state index < -0.39 is 5.41 Å². The number of hydrogen-bond acceptors (Lipinski definition) is 5. The van der Waals surface area contributed by atoms with Gasteiger partial charge in [0.1, 0.15) is 17.7 Å². The van der Waals surface area contributed by atoms with Crippen molar-refractivity contribution in [2.45, 2.75) is 38.2 Å². The molecule has 1 amide bonds. The second kappa shape index (κ2) is 10.1. The van der Waals surface area contributed by atoms with Gasteiger partial charge < -0.3 is 19.6 Å². The van der Waals surface area contributed by atoms with Crippen LogP contribution in [0.15, 0.2) is 53.7 Å². The quantitative estimate of drug-likeness (QED) is 0.677. The third-order valence-electron chi connectivity index (χ3n) is 6.29. The molecule has 0 unspecified atom stereocenters. The van der Waals surface area contributed by atoms with Crippen molar-refractivity contribution in [1.82, 2.24) is 5.32 Å². The van der Waals surface area contributed by atoms with Gasteiger partial charge in [0.2, 0.25) is 5.91 Å². The fourth-order valence-corrected chi connectivity index (χ4v) is 4.50. The number of methoxy groups -OCH3 is 1. The number of carbonyl (C=O) groups is 1. The van der Waals surface area contributed by atoms with E-state index in [1.54, 1.807) is 13.2 Å². The van der Waals surface area contributed by atoms with E-state index in [1.807, 2.05) is 30.3 Å². The molecule has 6 nitrogen and oxygen atoms in total. The van der Waals surface area contributed by atoms with E-state index in [-0.39, 0.29) is 17.8 Å². The van der Waals surface area contributed by atoms with Crippen molar-refractivity contribution in [3.8, 4) is 5.75 Å². The van der Waals surface area contributed by atoms with Gasteiger partial charge in [-0.2, -0.15) is 0 Å². The number of rotatable bonds is 8. The van der Waals surface area contributed by atoms with Crippen LogP contribution in [-0.4, -0.2) is 44.6 Å². The lowest BCUT2D eigenvalue weighted by Gasteiger charge is -2.37. The minimum absolute atomic E-state index is 0.00606. The summed E-state index contributed by atoms with van der Waals surface area (Å²) in [5.41, 5.74) is 2.05. The molecule has 2 aromatic carbocycles. The van der Waals surface area contributed by atoms with Crippen molar-refractivity contribution in [1.29, 1.82) is 0 Å². The van der Waals surface area contributed by atoms with E-state index in [4.69, 9.17) is 14.3 Å². The first kappa shape index (κ1) is 22.3. The van der Waals surface area contributed by atoms with Crippen LogP contribution in [0.3, 0.4) is 0 Å². The van der Waals surface area contributed by atoms with Gasteiger partial charge >= 0.3 is 0 Å². The number of carbonyl (C=O) groups excluding carboxylic acids is 1. The van der Waals surface area contributed by atoms with Gasteiger partial charge in [0, 0.05) is 38.2 Å². The first-order valence-electron chi connectivity index (χ1n) is 11.1. The minimum Gasteiger partial charge on any atom is -0.496 e. The molecule has 0 radical (unpaired) electrons. The van der Waals surface area contributed by atoms with E-state index in [0.29, 0.717) is 51.9 Å². The molecule has 0 aromatic heterocycles. The molecule has 1 saturated heterocycles. The number of amides is 1. The number of para-hydroxylation sites is 1. The third kappa shape index (κ3) is 5.10. The number of benzene rings is 2. The summed E-state index contributed by atoms with van der Waals surface area (Å²) in [6, 6.07) is 14.2. The molecule has 0 aliphatic carbocycles. The number of nitrogens with one attached hydrogen (secondary N) is 1. The van der Waals surface area contributed by atoms with Gasteiger partial charge in [-0.1, -0.05) is 29.4 Å². The van der Waals surface area contributed by atoms with E-state index >= 15 is 0 Å². The van der Waals surface area contributed by atoms with E-state index in [9.17, 15) is 9.18 Å². The monoisotopic (exact) mass is 440 g/mol. The molecule has 1 atom stereocenters. The molecule has 0 bridgehead atoms. The van der Waals surface area contributed by atoms with Crippen molar-refractivity contribution >= 4 is 11.6 Å². The fraction of sp³-hybridized carbons (Fsp3) is 0.440. The topological polar surface area (TPSA) is 69.2 Å². The van der Waals surface area contributed by atoms with Crippen molar-refractivity contribution in [2.24, 2.45) is 10.6 Å². The highest BCUT2D eigenvalue weighted by molar-refractivity contribution is 6.03. The molecule has 2 aliphatic rings. The average molecular weight is 441 g/mol. The Morgan fingerprint density at radius 2 is 2.03 bits per heavy atom. The van der Waals surface area contributed by atoms with Crippen LogP contribution in [0, 0.1) is 11.2 Å². The van der Waals surface area contributed by atoms with Crippen LogP contribution in [0.2, 0.25) is 0 Å². The normalized spacial score (nSPS) is 19.7. The minimum atomic E-state index is -0.559. The fourth-order valence-electron chi connectivity index (χ4n) is 4.50. The standard InChI is InChI=1S/C25H29FN2O4/c1-30-23-8-3-2-7-21(23)22-16-20(32-28-22)17-25(10-13-31-14-11-25)24(29)27-12-9-18-5-4-6-19(26)15-18/h2-8,15,20H,9-14,16-17H2,1H3,(H,27,29)/t20-/m0/s1. The smallest absolute Gasteiger partial charge is 0.226 e. The lowest BCUT2D eigenvalue weighted by atomic mass is 9.74. The summed E-state index contributed by atoms with van der Waals surface area (Å²) in [6.45, 7) is 1.55. The molecule has 1 fully saturated rings. The van der Waals surface area contributed by atoms with Gasteiger partial charge in [-0.3, -0.25) is 4.79 Å². The van der Waals surface area contributed by atoms with E-state index in [2.05, 4.69) is 10.5 Å². The predicted molar refractivity (Wildman–Crippen MR) is 119 cm³/mol. The summed E-state index contributed by atoms with van der Waals surface area (Å²) in [5.74, 6) is 0.497. The molecule has 0 saturated carbocycles. The third-order valence-corrected chi connectivity index (χ3v) is 6.29. The summed E-state index contributed by atoms with van der Waals surface area (Å²) in [7, 11) is 1.64. The highest BCUT2D eigenvalue weighted by Gasteiger charge is 2.43. The molecule has 4 rings (SSSR count). The van der Waals surface area contributed by atoms with Crippen molar-refractivity contribution in [2.75, 3.05) is 26.9 Å². The number of oxime groups is 1. The van der Waals surface area contributed by atoms with Gasteiger partial charge in [0.25, 0.3) is 0 Å². The lowest BCUT2D eigenvalue weighted by Crippen LogP contribution is -2.47. The van der Waals surface area contributed by atoms with Crippen LogP contribution in [0.1, 0.15) is 36.8 Å². The molecular formula is C25H29FN2O4. The Hall–Kier alpha value is -2.93. The molecule has 2 heterocycles. The van der Waals surface area contributed by atoms with Gasteiger partial charge in [0.15, 0.2) is 0 Å². The summed E-state index contributed by atoms with van der Waals surface area (Å²) < 4.78 is 24.4. The molecule has 0 spiro atoms. The Balaban J connectivity index is 1.38. The molecular weight excluding hydrogens is 411 g/mol. The highest BCUT2D eigenvalue weighted by Crippen LogP contribution is 2.39. The van der Waals surface area contributed by atoms with Crippen LogP contribution < -0.4 is 10.1 Å². The van der Waals surface area contributed by atoms with Crippen molar-refractivity contribution < 1.29 is 23.5 Å². The Morgan fingerprint density at radius 3 is 2.81 bits per heavy atom. The zero-order valence-corrected chi connectivity index (χ0v) is 18.3. The van der Waals surface area contributed by atoms with Crippen LogP contribution in [0.25, 0.3) is 0 Å². The van der Waals surface area contributed by atoms with Gasteiger partial charge in [-0.05, 0) is 49.1 Å². The molecule has 170 valence electrons. The average Bonchev–Trinajstić information content (AvgIpc) is 3.27. The van der Waals surface area contributed by atoms with Crippen molar-refractivity contribution in [3.63, 3.8) is 0 Å². The first-order valence-corrected chi connectivity index (χ1v) is 11.1. The number of nitrogens with zero attached hydrogens (tertiary/aromatic N) is 1. The van der Waals surface area contributed by atoms with Gasteiger partial charge in [-0.25, -0.2) is 4.39 Å². The Labute approximate surface area is 187 Å². The zero-order chi connectivity index (χ0) is 22.4. The SMILES string of the molecule is COc1ccccc1C1=NO[C@H](CC2(C(=O)NCCc3cccc(F)c3)CCOCC2)C1. The summed E-state index contributed by atoms with van der Waals surface area (Å²) in [5, 5.41) is 7.37. The maximum Gasteiger partial charge on any atom is 0.226 e. The largest absolute Gasteiger partial charge is 0.496 e. The van der Waals surface area contributed by atoms with Crippen molar-refractivity contribution in [3.05, 3.63) is 65.5 Å². The second-order valence-corrected chi connectivity index (χ2v) is 8.40. The van der Waals surface area contributed by atoms with E-state index in [1.165, 1.54) is 12.1 Å². The van der Waals surface area contributed by atoms with E-state index in [0.717, 1.165) is 22.6 Å². The number of ether oxygens (including phenoxy) is 2. The number of halogens is 1. The maximum atomic E-state index is 13.4.